The summed E-state index contributed by atoms with van der Waals surface area (Å²) in [5.41, 5.74) is 0. The van der Waals surface area contributed by atoms with Crippen molar-refractivity contribution in [3.63, 3.8) is 0 Å². The van der Waals surface area contributed by atoms with Crippen LogP contribution in [-0.2, 0) is 0 Å². The summed E-state index contributed by atoms with van der Waals surface area (Å²) >= 11 is 0. The molecule has 3 rings (SSSR count). The minimum atomic E-state index is 0.0938. The summed E-state index contributed by atoms with van der Waals surface area (Å²) in [5.74, 6) is 1.51. The zero-order valence-corrected chi connectivity index (χ0v) is 9.38. The second-order valence-corrected chi connectivity index (χ2v) is 5.04. The molecule has 0 saturated heterocycles. The molecular formula is C12H17N3O. The third kappa shape index (κ3) is 2.26. The molecular weight excluding hydrogens is 202 g/mol. The molecule has 86 valence electrons. The molecule has 4 nitrogen and oxygen atoms in total. The highest BCUT2D eigenvalue weighted by atomic mass is 16.2. The van der Waals surface area contributed by atoms with Crippen molar-refractivity contribution >= 4 is 6.03 Å². The average molecular weight is 219 g/mol. The van der Waals surface area contributed by atoms with Crippen LogP contribution in [0.1, 0.15) is 25.7 Å². The molecule has 0 unspecified atom stereocenters. The number of rotatable bonds is 4. The minimum Gasteiger partial charge on any atom is -0.323 e. The zero-order valence-electron chi connectivity index (χ0n) is 9.38. The molecule has 16 heavy (non-hydrogen) atoms. The van der Waals surface area contributed by atoms with Crippen LogP contribution in [0.5, 0.6) is 0 Å². The number of hydrogen-bond acceptors (Lipinski definition) is 2. The van der Waals surface area contributed by atoms with Crippen LogP contribution in [0.15, 0.2) is 18.7 Å². The van der Waals surface area contributed by atoms with E-state index < -0.39 is 0 Å². The average Bonchev–Trinajstić information content (AvgIpc) is 3.20. The maximum Gasteiger partial charge on any atom is 0.329 e. The lowest BCUT2D eigenvalue weighted by molar-refractivity contribution is 0.194. The summed E-state index contributed by atoms with van der Waals surface area (Å²) in [4.78, 5) is 18.1. The van der Waals surface area contributed by atoms with Gasteiger partial charge in [-0.3, -0.25) is 4.57 Å². The Morgan fingerprint density at radius 1 is 1.25 bits per heavy atom. The predicted octanol–water partition coefficient (Wildman–Crippen LogP) is 1.97. The zero-order chi connectivity index (χ0) is 11.0. The number of imidazole rings is 1. The van der Waals surface area contributed by atoms with E-state index in [1.54, 1.807) is 23.3 Å². The number of carbonyl (C=O) groups excluding carboxylic acids is 1. The Kier molecular flexibility index (Phi) is 2.42. The molecule has 0 aromatic carbocycles. The summed E-state index contributed by atoms with van der Waals surface area (Å²) in [6, 6.07) is 0.0938. The Balaban J connectivity index is 1.67. The molecule has 2 fully saturated rings. The van der Waals surface area contributed by atoms with Gasteiger partial charge in [0.05, 0.1) is 0 Å². The molecule has 1 aromatic heterocycles. The van der Waals surface area contributed by atoms with Crippen molar-refractivity contribution in [1.82, 2.24) is 14.5 Å². The smallest absolute Gasteiger partial charge is 0.323 e. The fourth-order valence-corrected chi connectivity index (χ4v) is 1.99. The second kappa shape index (κ2) is 3.92. The second-order valence-electron chi connectivity index (χ2n) is 5.04. The highest BCUT2D eigenvalue weighted by Gasteiger charge is 2.31. The fourth-order valence-electron chi connectivity index (χ4n) is 1.99. The molecule has 0 atom stereocenters. The monoisotopic (exact) mass is 219 g/mol. The van der Waals surface area contributed by atoms with E-state index in [1.165, 1.54) is 25.7 Å². The SMILES string of the molecule is O=C(N(CC1CC1)CC1CC1)n1ccnc1. The normalized spacial score (nSPS) is 19.8. The largest absolute Gasteiger partial charge is 0.329 e. The van der Waals surface area contributed by atoms with Crippen molar-refractivity contribution < 1.29 is 4.79 Å². The maximum atomic E-state index is 12.2. The molecule has 1 heterocycles. The highest BCUT2D eigenvalue weighted by Crippen LogP contribution is 2.33. The standard InChI is InChI=1S/C12H17N3O/c16-12(14-6-5-13-9-14)15(7-10-1-2-10)8-11-3-4-11/h5-6,9-11H,1-4,7-8H2. The summed E-state index contributed by atoms with van der Waals surface area (Å²) in [5, 5.41) is 0. The molecule has 0 spiro atoms. The fraction of sp³-hybridized carbons (Fsp3) is 0.667. The first-order valence-corrected chi connectivity index (χ1v) is 6.10. The van der Waals surface area contributed by atoms with E-state index in [4.69, 9.17) is 0 Å². The first-order chi connectivity index (χ1) is 7.83. The Bertz CT molecular complexity index is 352. The number of aromatic nitrogens is 2. The molecule has 2 aliphatic rings. The molecule has 0 aliphatic heterocycles. The van der Waals surface area contributed by atoms with Crippen LogP contribution in [0.3, 0.4) is 0 Å². The van der Waals surface area contributed by atoms with Gasteiger partial charge in [0.2, 0.25) is 0 Å². The Morgan fingerprint density at radius 3 is 2.31 bits per heavy atom. The van der Waals surface area contributed by atoms with Crippen LogP contribution in [-0.4, -0.2) is 33.6 Å². The van der Waals surface area contributed by atoms with Crippen LogP contribution in [0, 0.1) is 11.8 Å². The van der Waals surface area contributed by atoms with Crippen molar-refractivity contribution in [3.8, 4) is 0 Å². The van der Waals surface area contributed by atoms with Gasteiger partial charge >= 0.3 is 6.03 Å². The van der Waals surface area contributed by atoms with Gasteiger partial charge in [0.1, 0.15) is 6.33 Å². The number of hydrogen-bond donors (Lipinski definition) is 0. The molecule has 4 heteroatoms. The van der Waals surface area contributed by atoms with Crippen molar-refractivity contribution in [2.24, 2.45) is 11.8 Å². The van der Waals surface area contributed by atoms with E-state index in [1.807, 2.05) is 4.90 Å². The van der Waals surface area contributed by atoms with E-state index in [9.17, 15) is 4.79 Å². The third-order valence-electron chi connectivity index (χ3n) is 3.35. The van der Waals surface area contributed by atoms with Gasteiger partial charge in [-0.1, -0.05) is 0 Å². The van der Waals surface area contributed by atoms with Crippen molar-refractivity contribution in [2.75, 3.05) is 13.1 Å². The Hall–Kier alpha value is -1.32. The topological polar surface area (TPSA) is 38.1 Å². The summed E-state index contributed by atoms with van der Waals surface area (Å²) in [7, 11) is 0. The van der Waals surface area contributed by atoms with Gasteiger partial charge in [-0.05, 0) is 37.5 Å². The van der Waals surface area contributed by atoms with E-state index in [0.717, 1.165) is 24.9 Å². The van der Waals surface area contributed by atoms with Crippen LogP contribution in [0.2, 0.25) is 0 Å². The van der Waals surface area contributed by atoms with Crippen LogP contribution in [0.25, 0.3) is 0 Å². The molecule has 1 aromatic rings. The minimum absolute atomic E-state index is 0.0938. The Morgan fingerprint density at radius 2 is 1.88 bits per heavy atom. The lowest BCUT2D eigenvalue weighted by atomic mass is 10.3. The van der Waals surface area contributed by atoms with E-state index in [-0.39, 0.29) is 6.03 Å². The highest BCUT2D eigenvalue weighted by molar-refractivity contribution is 5.76. The van der Waals surface area contributed by atoms with Gasteiger partial charge in [-0.15, -0.1) is 0 Å². The van der Waals surface area contributed by atoms with Gasteiger partial charge in [-0.2, -0.15) is 0 Å². The number of amides is 1. The van der Waals surface area contributed by atoms with Gasteiger partial charge in [-0.25, -0.2) is 9.78 Å². The maximum absolute atomic E-state index is 12.2. The summed E-state index contributed by atoms with van der Waals surface area (Å²) in [6.07, 6.45) is 10.1. The first-order valence-electron chi connectivity index (χ1n) is 6.10. The van der Waals surface area contributed by atoms with Gasteiger partial charge in [0.15, 0.2) is 0 Å². The molecule has 2 saturated carbocycles. The molecule has 2 aliphatic carbocycles. The van der Waals surface area contributed by atoms with Crippen LogP contribution < -0.4 is 0 Å². The molecule has 1 amide bonds. The van der Waals surface area contributed by atoms with Crippen molar-refractivity contribution in [3.05, 3.63) is 18.7 Å². The third-order valence-corrected chi connectivity index (χ3v) is 3.35. The molecule has 0 N–H and O–H groups in total. The van der Waals surface area contributed by atoms with E-state index in [0.29, 0.717) is 0 Å². The first kappa shape index (κ1) is 9.87. The summed E-state index contributed by atoms with van der Waals surface area (Å²) in [6.45, 7) is 1.88. The van der Waals surface area contributed by atoms with Gasteiger partial charge in [0, 0.05) is 25.5 Å². The van der Waals surface area contributed by atoms with Gasteiger partial charge < -0.3 is 4.90 Å². The number of nitrogens with zero attached hydrogens (tertiary/aromatic N) is 3. The molecule has 0 bridgehead atoms. The van der Waals surface area contributed by atoms with Crippen molar-refractivity contribution in [2.45, 2.75) is 25.7 Å². The lowest BCUT2D eigenvalue weighted by Gasteiger charge is -2.22. The quantitative estimate of drug-likeness (QED) is 0.776. The lowest BCUT2D eigenvalue weighted by Crippen LogP contribution is -2.37. The van der Waals surface area contributed by atoms with E-state index >= 15 is 0 Å². The van der Waals surface area contributed by atoms with Gasteiger partial charge in [0.25, 0.3) is 0 Å². The molecule has 0 radical (unpaired) electrons. The Labute approximate surface area is 95.3 Å². The van der Waals surface area contributed by atoms with Crippen molar-refractivity contribution in [1.29, 1.82) is 0 Å². The summed E-state index contributed by atoms with van der Waals surface area (Å²) < 4.78 is 1.59. The van der Waals surface area contributed by atoms with Crippen LogP contribution in [0.4, 0.5) is 4.79 Å². The van der Waals surface area contributed by atoms with E-state index in [2.05, 4.69) is 4.98 Å². The van der Waals surface area contributed by atoms with Crippen LogP contribution >= 0.6 is 0 Å². The number of carbonyl (C=O) groups is 1. The predicted molar refractivity (Wildman–Crippen MR) is 60.0 cm³/mol.